The molecule has 1 fully saturated rings. The minimum atomic E-state index is -0.237. The van der Waals surface area contributed by atoms with E-state index in [4.69, 9.17) is 14.0 Å². The molecule has 1 amide bonds. The first kappa shape index (κ1) is 19.0. The van der Waals surface area contributed by atoms with Crippen LogP contribution in [0.3, 0.4) is 0 Å². The molecule has 0 aliphatic carbocycles. The van der Waals surface area contributed by atoms with Crippen LogP contribution in [0.15, 0.2) is 53.1 Å². The van der Waals surface area contributed by atoms with E-state index in [1.54, 1.807) is 12.0 Å². The van der Waals surface area contributed by atoms with E-state index in [9.17, 15) is 4.79 Å². The van der Waals surface area contributed by atoms with Crippen LogP contribution in [0.4, 0.5) is 0 Å². The molecule has 0 radical (unpaired) electrons. The summed E-state index contributed by atoms with van der Waals surface area (Å²) in [7, 11) is 1.60. The molecule has 3 aromatic rings. The number of aromatic nitrogens is 2. The van der Waals surface area contributed by atoms with E-state index in [2.05, 4.69) is 10.1 Å². The summed E-state index contributed by atoms with van der Waals surface area (Å²) in [6, 6.07) is 14.9. The lowest BCUT2D eigenvalue weighted by atomic mass is 10.2. The van der Waals surface area contributed by atoms with Gasteiger partial charge in [-0.05, 0) is 43.5 Å². The minimum Gasteiger partial charge on any atom is -0.496 e. The molecular weight excluding hydrogens is 370 g/mol. The van der Waals surface area contributed by atoms with Crippen molar-refractivity contribution in [2.24, 2.45) is 0 Å². The maximum absolute atomic E-state index is 12.8. The molecule has 0 bridgehead atoms. The number of carbonyl (C=O) groups excluding carboxylic acids is 1. The lowest BCUT2D eigenvalue weighted by Gasteiger charge is -2.22. The molecule has 29 heavy (non-hydrogen) atoms. The first-order valence-corrected chi connectivity index (χ1v) is 9.62. The molecule has 2 heterocycles. The topological polar surface area (TPSA) is 77.7 Å². The average molecular weight is 393 g/mol. The maximum atomic E-state index is 12.8. The Morgan fingerprint density at radius 1 is 1.17 bits per heavy atom. The van der Waals surface area contributed by atoms with Crippen molar-refractivity contribution in [1.29, 1.82) is 0 Å². The first-order valence-electron chi connectivity index (χ1n) is 9.62. The van der Waals surface area contributed by atoms with Crippen molar-refractivity contribution in [3.05, 3.63) is 60.0 Å². The standard InChI is InChI=1S/C22H23N3O4/c1-15-8-3-5-11-18(15)28-14-20(26)25-13-7-10-17(25)22-23-21(24-29-22)16-9-4-6-12-19(16)27-2/h3-6,8-9,11-12,17H,7,10,13-14H2,1-2H3/t17-/m0/s1. The van der Waals surface area contributed by atoms with E-state index in [-0.39, 0.29) is 18.6 Å². The van der Waals surface area contributed by atoms with Gasteiger partial charge in [0.1, 0.15) is 17.5 Å². The summed E-state index contributed by atoms with van der Waals surface area (Å²) in [5.74, 6) is 2.19. The highest BCUT2D eigenvalue weighted by atomic mass is 16.5. The highest BCUT2D eigenvalue weighted by Crippen LogP contribution is 2.34. The number of ether oxygens (including phenoxy) is 2. The third-order valence-corrected chi connectivity index (χ3v) is 5.09. The largest absolute Gasteiger partial charge is 0.496 e. The van der Waals surface area contributed by atoms with Crippen LogP contribution >= 0.6 is 0 Å². The molecule has 0 N–H and O–H groups in total. The van der Waals surface area contributed by atoms with Crippen LogP contribution in [0.2, 0.25) is 0 Å². The molecule has 1 aliphatic rings. The number of para-hydroxylation sites is 2. The highest BCUT2D eigenvalue weighted by Gasteiger charge is 2.34. The number of methoxy groups -OCH3 is 1. The smallest absolute Gasteiger partial charge is 0.261 e. The Balaban J connectivity index is 1.48. The van der Waals surface area contributed by atoms with Gasteiger partial charge in [-0.2, -0.15) is 4.98 Å². The van der Waals surface area contributed by atoms with Gasteiger partial charge in [0.2, 0.25) is 11.7 Å². The zero-order valence-corrected chi connectivity index (χ0v) is 16.5. The SMILES string of the molecule is COc1ccccc1-c1noc([C@@H]2CCCN2C(=O)COc2ccccc2C)n1. The predicted molar refractivity (Wildman–Crippen MR) is 107 cm³/mol. The van der Waals surface area contributed by atoms with Gasteiger partial charge in [0.15, 0.2) is 6.61 Å². The molecule has 0 spiro atoms. The molecule has 7 heteroatoms. The molecule has 1 aromatic heterocycles. The van der Waals surface area contributed by atoms with Crippen molar-refractivity contribution < 1.29 is 18.8 Å². The van der Waals surface area contributed by atoms with Crippen LogP contribution in [0.1, 0.15) is 30.3 Å². The van der Waals surface area contributed by atoms with Crippen molar-refractivity contribution in [2.45, 2.75) is 25.8 Å². The molecular formula is C22H23N3O4. The van der Waals surface area contributed by atoms with E-state index >= 15 is 0 Å². The predicted octanol–water partition coefficient (Wildman–Crippen LogP) is 3.80. The summed E-state index contributed by atoms with van der Waals surface area (Å²) in [5, 5.41) is 4.10. The third kappa shape index (κ3) is 3.94. The summed E-state index contributed by atoms with van der Waals surface area (Å²) in [6.45, 7) is 2.58. The van der Waals surface area contributed by atoms with Crippen LogP contribution in [0.5, 0.6) is 11.5 Å². The van der Waals surface area contributed by atoms with Gasteiger partial charge in [0.05, 0.1) is 12.7 Å². The van der Waals surface area contributed by atoms with Crippen molar-refractivity contribution in [2.75, 3.05) is 20.3 Å². The monoisotopic (exact) mass is 393 g/mol. The van der Waals surface area contributed by atoms with Gasteiger partial charge in [0.25, 0.3) is 5.91 Å². The Labute approximate surface area is 169 Å². The second kappa shape index (κ2) is 8.34. The van der Waals surface area contributed by atoms with Gasteiger partial charge in [-0.3, -0.25) is 4.79 Å². The number of aryl methyl sites for hydroxylation is 1. The molecule has 2 aromatic carbocycles. The first-order chi connectivity index (χ1) is 14.2. The second-order valence-corrected chi connectivity index (χ2v) is 6.96. The number of amides is 1. The van der Waals surface area contributed by atoms with Gasteiger partial charge in [-0.25, -0.2) is 0 Å². The zero-order chi connectivity index (χ0) is 20.2. The number of rotatable bonds is 6. The highest BCUT2D eigenvalue weighted by molar-refractivity contribution is 5.78. The quantitative estimate of drug-likeness (QED) is 0.634. The van der Waals surface area contributed by atoms with Crippen LogP contribution < -0.4 is 9.47 Å². The zero-order valence-electron chi connectivity index (χ0n) is 16.5. The van der Waals surface area contributed by atoms with Crippen LogP contribution in [0, 0.1) is 6.92 Å². The van der Waals surface area contributed by atoms with Crippen molar-refractivity contribution in [1.82, 2.24) is 15.0 Å². The Morgan fingerprint density at radius 2 is 1.93 bits per heavy atom. The third-order valence-electron chi connectivity index (χ3n) is 5.09. The Hall–Kier alpha value is -3.35. The second-order valence-electron chi connectivity index (χ2n) is 6.96. The van der Waals surface area contributed by atoms with Gasteiger partial charge in [-0.15, -0.1) is 0 Å². The summed E-state index contributed by atoms with van der Waals surface area (Å²) >= 11 is 0. The van der Waals surface area contributed by atoms with Crippen molar-refractivity contribution >= 4 is 5.91 Å². The van der Waals surface area contributed by atoms with E-state index in [1.165, 1.54) is 0 Å². The number of carbonyl (C=O) groups is 1. The molecule has 7 nitrogen and oxygen atoms in total. The minimum absolute atomic E-state index is 0.0190. The lowest BCUT2D eigenvalue weighted by Crippen LogP contribution is -2.34. The molecule has 1 saturated heterocycles. The molecule has 0 saturated carbocycles. The number of benzene rings is 2. The Kier molecular flexibility index (Phi) is 5.46. The van der Waals surface area contributed by atoms with E-state index in [0.717, 1.165) is 24.0 Å². The summed E-state index contributed by atoms with van der Waals surface area (Å²) in [4.78, 5) is 19.1. The normalized spacial score (nSPS) is 16.1. The van der Waals surface area contributed by atoms with Crippen LogP contribution in [-0.2, 0) is 4.79 Å². The number of hydrogen-bond donors (Lipinski definition) is 0. The van der Waals surface area contributed by atoms with Gasteiger partial charge >= 0.3 is 0 Å². The number of hydrogen-bond acceptors (Lipinski definition) is 6. The fourth-order valence-electron chi connectivity index (χ4n) is 3.57. The van der Waals surface area contributed by atoms with Gasteiger partial charge < -0.3 is 18.9 Å². The molecule has 1 atom stereocenters. The summed E-state index contributed by atoms with van der Waals surface area (Å²) in [5.41, 5.74) is 1.75. The Bertz CT molecular complexity index is 1000. The van der Waals surface area contributed by atoms with Gasteiger partial charge in [0, 0.05) is 6.54 Å². The summed E-state index contributed by atoms with van der Waals surface area (Å²) < 4.78 is 16.6. The van der Waals surface area contributed by atoms with Crippen molar-refractivity contribution in [3.63, 3.8) is 0 Å². The Morgan fingerprint density at radius 3 is 2.72 bits per heavy atom. The van der Waals surface area contributed by atoms with E-state index < -0.39 is 0 Å². The fourth-order valence-corrected chi connectivity index (χ4v) is 3.57. The molecule has 4 rings (SSSR count). The van der Waals surface area contributed by atoms with E-state index in [0.29, 0.717) is 29.8 Å². The van der Waals surface area contributed by atoms with E-state index in [1.807, 2.05) is 55.5 Å². The van der Waals surface area contributed by atoms with Gasteiger partial charge in [-0.1, -0.05) is 35.5 Å². The molecule has 150 valence electrons. The van der Waals surface area contributed by atoms with Crippen molar-refractivity contribution in [3.8, 4) is 22.9 Å². The fraction of sp³-hybridized carbons (Fsp3) is 0.318. The number of likely N-dealkylation sites (tertiary alicyclic amines) is 1. The molecule has 0 unspecified atom stereocenters. The van der Waals surface area contributed by atoms with Crippen LogP contribution in [-0.4, -0.2) is 41.2 Å². The molecule has 1 aliphatic heterocycles. The number of nitrogens with zero attached hydrogens (tertiary/aromatic N) is 3. The maximum Gasteiger partial charge on any atom is 0.261 e. The summed E-state index contributed by atoms with van der Waals surface area (Å²) in [6.07, 6.45) is 1.66. The van der Waals surface area contributed by atoms with Crippen LogP contribution in [0.25, 0.3) is 11.4 Å². The average Bonchev–Trinajstić information content (AvgIpc) is 3.42. The lowest BCUT2D eigenvalue weighted by molar-refractivity contribution is -0.134.